The van der Waals surface area contributed by atoms with E-state index >= 15 is 0 Å². The van der Waals surface area contributed by atoms with Crippen molar-refractivity contribution in [1.82, 2.24) is 19.6 Å². The summed E-state index contributed by atoms with van der Waals surface area (Å²) in [6.07, 6.45) is 1.92. The van der Waals surface area contributed by atoms with Crippen LogP contribution in [0.5, 0.6) is 0 Å². The number of carbonyl (C=O) groups is 1. The summed E-state index contributed by atoms with van der Waals surface area (Å²) in [5.41, 5.74) is 0. The summed E-state index contributed by atoms with van der Waals surface area (Å²) in [5.74, 6) is 0.370. The van der Waals surface area contributed by atoms with Gasteiger partial charge in [-0.2, -0.15) is 0 Å². The first-order valence-corrected chi connectivity index (χ1v) is 10.0. The van der Waals surface area contributed by atoms with Crippen LogP contribution >= 0.6 is 0 Å². The van der Waals surface area contributed by atoms with Crippen LogP contribution in [0.3, 0.4) is 0 Å². The number of nitrogens with zero attached hydrogens (tertiary/aromatic N) is 4. The average Bonchev–Trinajstić information content (AvgIpc) is 2.65. The standard InChI is InChI=1S/C17H34N4O.C2H6/c1-4-16(3)21-12-10-20(11-13-21)15-19-8-6-18(7-9-19)14-17(22)5-2;1-2/h16H,4-15H2,1-3H3;1-2H3. The molecule has 0 aromatic heterocycles. The van der Waals surface area contributed by atoms with E-state index in [1.165, 1.54) is 32.6 Å². The smallest absolute Gasteiger partial charge is 0.146 e. The lowest BCUT2D eigenvalue weighted by molar-refractivity contribution is -0.120. The molecule has 0 aliphatic carbocycles. The molecule has 0 aromatic carbocycles. The van der Waals surface area contributed by atoms with E-state index in [2.05, 4.69) is 33.4 Å². The summed E-state index contributed by atoms with van der Waals surface area (Å²) < 4.78 is 0. The SMILES string of the molecule is CC.CCC(=O)CN1CCN(CN2CCN(C(C)CC)CC2)CC1. The summed E-state index contributed by atoms with van der Waals surface area (Å²) >= 11 is 0. The second-order valence-corrected chi connectivity index (χ2v) is 6.84. The Bertz CT molecular complexity index is 334. The predicted molar refractivity (Wildman–Crippen MR) is 102 cm³/mol. The highest BCUT2D eigenvalue weighted by atomic mass is 16.1. The first-order chi connectivity index (χ1) is 11.6. The maximum absolute atomic E-state index is 11.5. The quantitative estimate of drug-likeness (QED) is 0.707. The summed E-state index contributed by atoms with van der Waals surface area (Å²) in [7, 11) is 0. The fourth-order valence-electron chi connectivity index (χ4n) is 3.34. The monoisotopic (exact) mass is 340 g/mol. The third-order valence-electron chi connectivity index (χ3n) is 5.28. The molecule has 2 heterocycles. The highest BCUT2D eigenvalue weighted by Crippen LogP contribution is 2.10. The zero-order valence-electron chi connectivity index (χ0n) is 16.8. The minimum atomic E-state index is 0.370. The van der Waals surface area contributed by atoms with Crippen LogP contribution in [0.1, 0.15) is 47.5 Å². The Morgan fingerprint density at radius 1 is 0.833 bits per heavy atom. The van der Waals surface area contributed by atoms with Gasteiger partial charge in [-0.05, 0) is 13.3 Å². The molecule has 0 aromatic rings. The number of rotatable bonds is 7. The van der Waals surface area contributed by atoms with E-state index in [0.29, 0.717) is 18.7 Å². The summed E-state index contributed by atoms with van der Waals surface area (Å²) in [4.78, 5) is 21.6. The van der Waals surface area contributed by atoms with Gasteiger partial charge in [-0.25, -0.2) is 0 Å². The van der Waals surface area contributed by atoms with Crippen LogP contribution in [0.15, 0.2) is 0 Å². The van der Waals surface area contributed by atoms with Crippen molar-refractivity contribution in [2.24, 2.45) is 0 Å². The van der Waals surface area contributed by atoms with Crippen LogP contribution in [0.25, 0.3) is 0 Å². The van der Waals surface area contributed by atoms with Crippen molar-refractivity contribution in [2.75, 3.05) is 65.6 Å². The molecule has 0 spiro atoms. The van der Waals surface area contributed by atoms with Gasteiger partial charge >= 0.3 is 0 Å². The van der Waals surface area contributed by atoms with Crippen molar-refractivity contribution in [3.05, 3.63) is 0 Å². The minimum absolute atomic E-state index is 0.370. The molecular formula is C19H40N4O. The summed E-state index contributed by atoms with van der Waals surface area (Å²) in [6, 6.07) is 0.724. The van der Waals surface area contributed by atoms with E-state index in [9.17, 15) is 4.79 Å². The fraction of sp³-hybridized carbons (Fsp3) is 0.947. The number of ketones is 1. The van der Waals surface area contributed by atoms with Crippen molar-refractivity contribution in [3.63, 3.8) is 0 Å². The van der Waals surface area contributed by atoms with Crippen LogP contribution in [0, 0.1) is 0 Å². The van der Waals surface area contributed by atoms with Crippen LogP contribution in [-0.4, -0.2) is 97.0 Å². The van der Waals surface area contributed by atoms with Crippen LogP contribution < -0.4 is 0 Å². The normalized spacial score (nSPS) is 22.7. The van der Waals surface area contributed by atoms with Gasteiger partial charge in [0.1, 0.15) is 5.78 Å². The molecule has 2 saturated heterocycles. The number of hydrogen-bond donors (Lipinski definition) is 0. The number of Topliss-reactive ketones (excluding diaryl/α,β-unsaturated/α-hetero) is 1. The molecule has 0 amide bonds. The Kier molecular flexibility index (Phi) is 10.7. The largest absolute Gasteiger partial charge is 0.298 e. The summed E-state index contributed by atoms with van der Waals surface area (Å²) in [6.45, 7) is 21.4. The minimum Gasteiger partial charge on any atom is -0.298 e. The highest BCUT2D eigenvalue weighted by Gasteiger charge is 2.23. The van der Waals surface area contributed by atoms with E-state index in [-0.39, 0.29) is 0 Å². The van der Waals surface area contributed by atoms with Gasteiger partial charge in [0.25, 0.3) is 0 Å². The molecule has 24 heavy (non-hydrogen) atoms. The summed E-state index contributed by atoms with van der Waals surface area (Å²) in [5, 5.41) is 0. The van der Waals surface area contributed by atoms with E-state index in [0.717, 1.165) is 38.9 Å². The Morgan fingerprint density at radius 3 is 1.75 bits per heavy atom. The van der Waals surface area contributed by atoms with Crippen molar-refractivity contribution in [2.45, 2.75) is 53.5 Å². The van der Waals surface area contributed by atoms with Crippen LogP contribution in [0.2, 0.25) is 0 Å². The lowest BCUT2D eigenvalue weighted by Crippen LogP contribution is -2.55. The lowest BCUT2D eigenvalue weighted by Gasteiger charge is -2.41. The Balaban J connectivity index is 0.00000139. The van der Waals surface area contributed by atoms with Crippen molar-refractivity contribution < 1.29 is 4.79 Å². The number of piperazine rings is 2. The van der Waals surface area contributed by atoms with E-state index in [1.807, 2.05) is 20.8 Å². The van der Waals surface area contributed by atoms with Gasteiger partial charge in [0.2, 0.25) is 0 Å². The zero-order chi connectivity index (χ0) is 17.9. The molecule has 2 aliphatic heterocycles. The molecule has 0 bridgehead atoms. The molecule has 0 saturated carbocycles. The second-order valence-electron chi connectivity index (χ2n) is 6.84. The van der Waals surface area contributed by atoms with Crippen molar-refractivity contribution >= 4 is 5.78 Å². The first-order valence-electron chi connectivity index (χ1n) is 10.0. The number of hydrogen-bond acceptors (Lipinski definition) is 5. The average molecular weight is 341 g/mol. The Hall–Kier alpha value is -0.490. The van der Waals surface area contributed by atoms with Crippen LogP contribution in [-0.2, 0) is 4.79 Å². The van der Waals surface area contributed by atoms with Crippen molar-refractivity contribution in [3.8, 4) is 0 Å². The fourth-order valence-corrected chi connectivity index (χ4v) is 3.34. The van der Waals surface area contributed by atoms with Gasteiger partial charge in [0, 0.05) is 64.8 Å². The van der Waals surface area contributed by atoms with E-state index < -0.39 is 0 Å². The molecule has 2 rings (SSSR count). The van der Waals surface area contributed by atoms with Gasteiger partial charge in [-0.15, -0.1) is 0 Å². The third kappa shape index (κ3) is 7.18. The molecule has 142 valence electrons. The third-order valence-corrected chi connectivity index (χ3v) is 5.28. The Morgan fingerprint density at radius 2 is 1.29 bits per heavy atom. The van der Waals surface area contributed by atoms with Gasteiger partial charge in [-0.3, -0.25) is 24.4 Å². The molecule has 0 radical (unpaired) electrons. The predicted octanol–water partition coefficient (Wildman–Crippen LogP) is 1.98. The first kappa shape index (κ1) is 21.6. The Labute approximate surface area is 150 Å². The molecule has 2 aliphatic rings. The molecule has 2 fully saturated rings. The lowest BCUT2D eigenvalue weighted by atomic mass is 10.2. The number of carbonyl (C=O) groups excluding carboxylic acids is 1. The maximum Gasteiger partial charge on any atom is 0.146 e. The molecule has 0 N–H and O–H groups in total. The molecule has 1 atom stereocenters. The van der Waals surface area contributed by atoms with Gasteiger partial charge < -0.3 is 0 Å². The van der Waals surface area contributed by atoms with Gasteiger partial charge in [-0.1, -0.05) is 27.7 Å². The second kappa shape index (κ2) is 12.0. The molecule has 5 nitrogen and oxygen atoms in total. The van der Waals surface area contributed by atoms with Crippen LogP contribution in [0.4, 0.5) is 0 Å². The molecular weight excluding hydrogens is 300 g/mol. The molecule has 5 heteroatoms. The topological polar surface area (TPSA) is 30.0 Å². The maximum atomic E-state index is 11.5. The van der Waals surface area contributed by atoms with E-state index in [1.54, 1.807) is 0 Å². The zero-order valence-corrected chi connectivity index (χ0v) is 16.8. The molecule has 1 unspecified atom stereocenters. The van der Waals surface area contributed by atoms with E-state index in [4.69, 9.17) is 0 Å². The van der Waals surface area contributed by atoms with Crippen molar-refractivity contribution in [1.29, 1.82) is 0 Å². The van der Waals surface area contributed by atoms with Gasteiger partial charge in [0.15, 0.2) is 0 Å². The van der Waals surface area contributed by atoms with Gasteiger partial charge in [0.05, 0.1) is 13.2 Å². The highest BCUT2D eigenvalue weighted by molar-refractivity contribution is 5.80.